The number of fused-ring (bicyclic) bond motifs is 1. The van der Waals surface area contributed by atoms with E-state index in [1.54, 1.807) is 12.1 Å². The van der Waals surface area contributed by atoms with Crippen LogP contribution in [0.2, 0.25) is 0 Å². The standard InChI is InChI=1S/C24H31F3N4O2/c1-2-8-29-22(32)30-9-7-19-12-31(15-23(19,14-30)16-33-13-17-3-4-17)20-6-5-18(11-28)21(10-20)24(25,26)27/h5-6,10,17,19H,2-4,7-9,12-16H2,1H3,(H,29,32)/t19-,23+/m0/s1. The molecule has 33 heavy (non-hydrogen) atoms. The molecule has 1 aromatic rings. The number of halogens is 3. The maximum atomic E-state index is 13.5. The number of benzene rings is 1. The first-order chi connectivity index (χ1) is 15.8. The third-order valence-corrected chi connectivity index (χ3v) is 7.11. The lowest BCUT2D eigenvalue weighted by Crippen LogP contribution is -2.55. The normalized spacial score (nSPS) is 25.0. The van der Waals surface area contributed by atoms with Gasteiger partial charge in [-0.25, -0.2) is 4.79 Å². The molecule has 1 N–H and O–H groups in total. The van der Waals surface area contributed by atoms with Gasteiger partial charge in [-0.1, -0.05) is 6.92 Å². The second-order valence-electron chi connectivity index (χ2n) is 9.68. The number of hydrogen-bond acceptors (Lipinski definition) is 4. The molecule has 6 nitrogen and oxygen atoms in total. The lowest BCUT2D eigenvalue weighted by Gasteiger charge is -2.43. The molecule has 0 aromatic heterocycles. The zero-order valence-electron chi connectivity index (χ0n) is 19.0. The van der Waals surface area contributed by atoms with Gasteiger partial charge in [0.1, 0.15) is 0 Å². The maximum absolute atomic E-state index is 13.5. The number of hydrogen-bond donors (Lipinski definition) is 1. The first kappa shape index (κ1) is 23.7. The molecule has 4 rings (SSSR count). The van der Waals surface area contributed by atoms with Crippen LogP contribution in [0, 0.1) is 28.6 Å². The first-order valence-electron chi connectivity index (χ1n) is 11.7. The number of nitriles is 1. The molecular formula is C24H31F3N4O2. The summed E-state index contributed by atoms with van der Waals surface area (Å²) in [5.74, 6) is 0.828. The van der Waals surface area contributed by atoms with Gasteiger partial charge in [0.05, 0.1) is 23.8 Å². The highest BCUT2D eigenvalue weighted by Crippen LogP contribution is 2.45. The second-order valence-corrected chi connectivity index (χ2v) is 9.68. The molecule has 2 aliphatic heterocycles. The second kappa shape index (κ2) is 9.41. The van der Waals surface area contributed by atoms with E-state index in [1.165, 1.54) is 18.9 Å². The Bertz CT molecular complexity index is 912. The number of alkyl halides is 3. The van der Waals surface area contributed by atoms with E-state index in [4.69, 9.17) is 10.00 Å². The number of likely N-dealkylation sites (tertiary alicyclic amines) is 1. The van der Waals surface area contributed by atoms with Crippen LogP contribution in [0.5, 0.6) is 0 Å². The van der Waals surface area contributed by atoms with E-state index >= 15 is 0 Å². The van der Waals surface area contributed by atoms with Crippen molar-refractivity contribution in [1.82, 2.24) is 10.2 Å². The van der Waals surface area contributed by atoms with Crippen LogP contribution >= 0.6 is 0 Å². The average Bonchev–Trinajstić information content (AvgIpc) is 3.53. The predicted molar refractivity (Wildman–Crippen MR) is 118 cm³/mol. The van der Waals surface area contributed by atoms with Crippen molar-refractivity contribution >= 4 is 11.7 Å². The van der Waals surface area contributed by atoms with Crippen molar-refractivity contribution in [2.45, 2.75) is 38.8 Å². The molecule has 3 aliphatic rings. The van der Waals surface area contributed by atoms with Gasteiger partial charge in [0, 0.05) is 50.4 Å². The van der Waals surface area contributed by atoms with Gasteiger partial charge in [-0.3, -0.25) is 0 Å². The Labute approximate surface area is 192 Å². The van der Waals surface area contributed by atoms with Crippen molar-refractivity contribution in [3.8, 4) is 6.07 Å². The van der Waals surface area contributed by atoms with E-state index < -0.39 is 11.7 Å². The zero-order valence-corrected chi connectivity index (χ0v) is 19.0. The lowest BCUT2D eigenvalue weighted by atomic mass is 9.74. The van der Waals surface area contributed by atoms with Crippen LogP contribution in [0.3, 0.4) is 0 Å². The third-order valence-electron chi connectivity index (χ3n) is 7.11. The SMILES string of the molecule is CCCNC(=O)N1CC[C@H]2CN(c3ccc(C#N)c(C(F)(F)F)c3)C[C@@]2(COCC2CC2)C1. The third kappa shape index (κ3) is 5.21. The number of nitrogens with one attached hydrogen (secondary N) is 1. The molecule has 2 atom stereocenters. The Morgan fingerprint density at radius 3 is 2.76 bits per heavy atom. The van der Waals surface area contributed by atoms with Crippen molar-refractivity contribution in [1.29, 1.82) is 5.26 Å². The summed E-state index contributed by atoms with van der Waals surface area (Å²) in [5.41, 5.74) is -1.15. The minimum Gasteiger partial charge on any atom is -0.380 e. The molecule has 0 spiro atoms. The number of ether oxygens (including phenoxy) is 1. The Kier molecular flexibility index (Phi) is 6.76. The van der Waals surface area contributed by atoms with Crippen LogP contribution in [0.4, 0.5) is 23.7 Å². The molecular weight excluding hydrogens is 433 g/mol. The van der Waals surface area contributed by atoms with Crippen molar-refractivity contribution in [2.75, 3.05) is 50.8 Å². The molecule has 0 bridgehead atoms. The predicted octanol–water partition coefficient (Wildman–Crippen LogP) is 4.25. The summed E-state index contributed by atoms with van der Waals surface area (Å²) in [5, 5.41) is 12.1. The Morgan fingerprint density at radius 2 is 2.09 bits per heavy atom. The number of carbonyl (C=O) groups excluding carboxylic acids is 1. The van der Waals surface area contributed by atoms with E-state index in [2.05, 4.69) is 5.32 Å². The van der Waals surface area contributed by atoms with Crippen molar-refractivity contribution < 1.29 is 22.7 Å². The number of urea groups is 1. The van der Waals surface area contributed by atoms with Crippen LogP contribution in [-0.4, -0.2) is 56.9 Å². The molecule has 2 saturated heterocycles. The van der Waals surface area contributed by atoms with Gasteiger partial charge in [0.15, 0.2) is 0 Å². The van der Waals surface area contributed by atoms with Crippen LogP contribution in [0.1, 0.15) is 43.7 Å². The number of amides is 2. The monoisotopic (exact) mass is 464 g/mol. The van der Waals surface area contributed by atoms with Crippen molar-refractivity contribution in [2.24, 2.45) is 17.3 Å². The van der Waals surface area contributed by atoms with Crippen LogP contribution in [0.15, 0.2) is 18.2 Å². The topological polar surface area (TPSA) is 68.6 Å². The Hall–Kier alpha value is -2.47. The van der Waals surface area contributed by atoms with Gasteiger partial charge in [0.2, 0.25) is 0 Å². The fourth-order valence-electron chi connectivity index (χ4n) is 5.08. The molecule has 0 unspecified atom stereocenters. The highest BCUT2D eigenvalue weighted by molar-refractivity contribution is 5.74. The van der Waals surface area contributed by atoms with Gasteiger partial charge >= 0.3 is 12.2 Å². The Morgan fingerprint density at radius 1 is 1.30 bits per heavy atom. The van der Waals surface area contributed by atoms with E-state index in [1.807, 2.05) is 16.7 Å². The van der Waals surface area contributed by atoms with Crippen LogP contribution < -0.4 is 10.2 Å². The number of anilines is 1. The Balaban J connectivity index is 1.56. The minimum atomic E-state index is -4.59. The van der Waals surface area contributed by atoms with E-state index in [9.17, 15) is 18.0 Å². The number of piperidine rings is 1. The highest BCUT2D eigenvalue weighted by Gasteiger charge is 2.51. The zero-order chi connectivity index (χ0) is 23.6. The lowest BCUT2D eigenvalue weighted by molar-refractivity contribution is -0.137. The molecule has 1 saturated carbocycles. The molecule has 0 radical (unpaired) electrons. The molecule has 9 heteroatoms. The first-order valence-corrected chi connectivity index (χ1v) is 11.7. The fraction of sp³-hybridized carbons (Fsp3) is 0.667. The molecule has 1 aromatic carbocycles. The summed E-state index contributed by atoms with van der Waals surface area (Å²) < 4.78 is 46.7. The van der Waals surface area contributed by atoms with Gasteiger partial charge in [0.25, 0.3) is 0 Å². The summed E-state index contributed by atoms with van der Waals surface area (Å²) in [7, 11) is 0. The largest absolute Gasteiger partial charge is 0.417 e. The van der Waals surface area contributed by atoms with Gasteiger partial charge in [-0.2, -0.15) is 18.4 Å². The number of carbonyl (C=O) groups is 1. The molecule has 1 aliphatic carbocycles. The summed E-state index contributed by atoms with van der Waals surface area (Å²) in [4.78, 5) is 16.5. The maximum Gasteiger partial charge on any atom is 0.417 e. The summed E-state index contributed by atoms with van der Waals surface area (Å²) in [6.07, 6.45) is -0.594. The highest BCUT2D eigenvalue weighted by atomic mass is 19.4. The van der Waals surface area contributed by atoms with Gasteiger partial charge < -0.3 is 19.9 Å². The van der Waals surface area contributed by atoms with Crippen molar-refractivity contribution in [3.05, 3.63) is 29.3 Å². The molecule has 2 amide bonds. The van der Waals surface area contributed by atoms with E-state index in [-0.39, 0.29) is 22.9 Å². The minimum absolute atomic E-state index is 0.0898. The molecule has 180 valence electrons. The van der Waals surface area contributed by atoms with E-state index in [0.29, 0.717) is 57.5 Å². The van der Waals surface area contributed by atoms with Gasteiger partial charge in [-0.05, 0) is 55.7 Å². The van der Waals surface area contributed by atoms with E-state index in [0.717, 1.165) is 18.9 Å². The van der Waals surface area contributed by atoms with Crippen LogP contribution in [0.25, 0.3) is 0 Å². The van der Waals surface area contributed by atoms with Gasteiger partial charge in [-0.15, -0.1) is 0 Å². The summed E-state index contributed by atoms with van der Waals surface area (Å²) in [6.45, 7) is 6.08. The molecule has 3 fully saturated rings. The fourth-order valence-corrected chi connectivity index (χ4v) is 5.08. The summed E-state index contributed by atoms with van der Waals surface area (Å²) in [6, 6.07) is 5.48. The average molecular weight is 465 g/mol. The molecule has 2 heterocycles. The summed E-state index contributed by atoms with van der Waals surface area (Å²) >= 11 is 0. The number of nitrogens with zero attached hydrogens (tertiary/aromatic N) is 3. The van der Waals surface area contributed by atoms with Crippen molar-refractivity contribution in [3.63, 3.8) is 0 Å². The van der Waals surface area contributed by atoms with Crippen LogP contribution in [-0.2, 0) is 10.9 Å². The number of rotatable bonds is 7. The quantitative estimate of drug-likeness (QED) is 0.655. The smallest absolute Gasteiger partial charge is 0.380 e.